The first kappa shape index (κ1) is 23.7. The third-order valence-corrected chi connectivity index (χ3v) is 7.35. The van der Waals surface area contributed by atoms with Crippen molar-refractivity contribution in [3.63, 3.8) is 0 Å². The molecule has 0 aliphatic rings. The molecule has 1 N–H and O–H groups in total. The zero-order valence-electron chi connectivity index (χ0n) is 18.5. The van der Waals surface area contributed by atoms with Gasteiger partial charge in [-0.05, 0) is 68.1 Å². The van der Waals surface area contributed by atoms with Crippen LogP contribution in [0.1, 0.15) is 11.1 Å². The summed E-state index contributed by atoms with van der Waals surface area (Å²) in [4.78, 5) is 14.0. The molecule has 0 fully saturated rings. The Morgan fingerprint density at radius 3 is 2.34 bits per heavy atom. The zero-order chi connectivity index (χ0) is 23.3. The standard InChI is InChI=1S/C24H26N2O4S2/c1-17-8-11-21(12-9-17)32(28,29)26(22-14-18(2)10-13-23(22)30-3)16-24(27)25-19-6-5-7-20(15-19)31-4/h5-15H,16H2,1-4H3,(H,25,27). The highest BCUT2D eigenvalue weighted by Gasteiger charge is 2.29. The molecule has 0 aliphatic heterocycles. The fourth-order valence-corrected chi connectivity index (χ4v) is 5.05. The van der Waals surface area contributed by atoms with Crippen molar-refractivity contribution >= 4 is 39.1 Å². The number of carbonyl (C=O) groups excluding carboxylic acids is 1. The lowest BCUT2D eigenvalue weighted by Gasteiger charge is -2.26. The molecule has 3 aromatic carbocycles. The second-order valence-electron chi connectivity index (χ2n) is 7.28. The van der Waals surface area contributed by atoms with Crippen molar-refractivity contribution in [3.8, 4) is 5.75 Å². The average Bonchev–Trinajstić information content (AvgIpc) is 2.77. The topological polar surface area (TPSA) is 75.7 Å². The van der Waals surface area contributed by atoms with E-state index in [-0.39, 0.29) is 4.90 Å². The number of thioether (sulfide) groups is 1. The highest BCUT2D eigenvalue weighted by molar-refractivity contribution is 7.98. The number of hydrogen-bond donors (Lipinski definition) is 1. The van der Waals surface area contributed by atoms with Gasteiger partial charge in [0.2, 0.25) is 5.91 Å². The number of ether oxygens (including phenoxy) is 1. The van der Waals surface area contributed by atoms with Crippen LogP contribution in [0.2, 0.25) is 0 Å². The monoisotopic (exact) mass is 470 g/mol. The predicted octanol–water partition coefficient (Wildman–Crippen LogP) is 4.87. The van der Waals surface area contributed by atoms with Gasteiger partial charge in [0.05, 0.1) is 17.7 Å². The third kappa shape index (κ3) is 5.44. The highest BCUT2D eigenvalue weighted by atomic mass is 32.2. The molecule has 0 aliphatic carbocycles. The van der Waals surface area contributed by atoms with E-state index in [4.69, 9.17) is 4.74 Å². The van der Waals surface area contributed by atoms with Crippen LogP contribution in [0, 0.1) is 13.8 Å². The molecular formula is C24H26N2O4S2. The Hall–Kier alpha value is -2.97. The number of amides is 1. The molecule has 0 aromatic heterocycles. The Morgan fingerprint density at radius 1 is 1.00 bits per heavy atom. The van der Waals surface area contributed by atoms with Gasteiger partial charge in [-0.2, -0.15) is 0 Å². The van der Waals surface area contributed by atoms with Crippen molar-refractivity contribution in [2.45, 2.75) is 23.6 Å². The molecule has 0 bridgehead atoms. The van der Waals surface area contributed by atoms with Gasteiger partial charge in [0.15, 0.2) is 0 Å². The molecule has 1 amide bonds. The second kappa shape index (κ2) is 10.1. The summed E-state index contributed by atoms with van der Waals surface area (Å²) in [7, 11) is -2.56. The van der Waals surface area contributed by atoms with Gasteiger partial charge < -0.3 is 10.1 Å². The predicted molar refractivity (Wildman–Crippen MR) is 130 cm³/mol. The van der Waals surface area contributed by atoms with Crippen LogP contribution in [-0.2, 0) is 14.8 Å². The fourth-order valence-electron chi connectivity index (χ4n) is 3.16. The number of aryl methyl sites for hydroxylation is 2. The van der Waals surface area contributed by atoms with Crippen LogP contribution < -0.4 is 14.4 Å². The molecule has 0 saturated heterocycles. The maximum absolute atomic E-state index is 13.6. The molecule has 168 valence electrons. The van der Waals surface area contributed by atoms with E-state index in [0.29, 0.717) is 17.1 Å². The first-order valence-corrected chi connectivity index (χ1v) is 12.6. The first-order valence-electron chi connectivity index (χ1n) is 9.92. The maximum Gasteiger partial charge on any atom is 0.264 e. The van der Waals surface area contributed by atoms with E-state index in [2.05, 4.69) is 5.32 Å². The van der Waals surface area contributed by atoms with Crippen molar-refractivity contribution in [2.24, 2.45) is 0 Å². The van der Waals surface area contributed by atoms with Gasteiger partial charge in [-0.1, -0.05) is 29.8 Å². The number of nitrogens with zero attached hydrogens (tertiary/aromatic N) is 1. The van der Waals surface area contributed by atoms with Crippen molar-refractivity contribution in [2.75, 3.05) is 29.5 Å². The summed E-state index contributed by atoms with van der Waals surface area (Å²) >= 11 is 1.56. The summed E-state index contributed by atoms with van der Waals surface area (Å²) in [5, 5.41) is 2.80. The Morgan fingerprint density at radius 2 is 1.69 bits per heavy atom. The van der Waals surface area contributed by atoms with Crippen LogP contribution in [-0.4, -0.2) is 34.2 Å². The lowest BCUT2D eigenvalue weighted by molar-refractivity contribution is -0.114. The van der Waals surface area contributed by atoms with E-state index in [1.807, 2.05) is 44.4 Å². The normalized spacial score (nSPS) is 11.1. The smallest absolute Gasteiger partial charge is 0.264 e. The minimum atomic E-state index is -4.03. The Balaban J connectivity index is 2.01. The summed E-state index contributed by atoms with van der Waals surface area (Å²) in [6.07, 6.45) is 1.95. The fraction of sp³-hybridized carbons (Fsp3) is 0.208. The number of rotatable bonds is 8. The number of sulfonamides is 1. The van der Waals surface area contributed by atoms with Gasteiger partial charge in [-0.3, -0.25) is 9.10 Å². The summed E-state index contributed by atoms with van der Waals surface area (Å²) in [5.41, 5.74) is 2.69. The van der Waals surface area contributed by atoms with E-state index in [1.54, 1.807) is 54.2 Å². The maximum atomic E-state index is 13.6. The Labute approximate surface area is 193 Å². The Kier molecular flexibility index (Phi) is 7.48. The van der Waals surface area contributed by atoms with Crippen LogP contribution in [0.15, 0.2) is 76.5 Å². The molecule has 32 heavy (non-hydrogen) atoms. The number of hydrogen-bond acceptors (Lipinski definition) is 5. The molecular weight excluding hydrogens is 444 g/mol. The SMILES string of the molecule is COc1ccc(C)cc1N(CC(=O)Nc1cccc(SC)c1)S(=O)(=O)c1ccc(C)cc1. The minimum Gasteiger partial charge on any atom is -0.495 e. The molecule has 0 atom stereocenters. The molecule has 3 rings (SSSR count). The van der Waals surface area contributed by atoms with Crippen molar-refractivity contribution in [1.29, 1.82) is 0 Å². The van der Waals surface area contributed by atoms with E-state index >= 15 is 0 Å². The van der Waals surface area contributed by atoms with Crippen LogP contribution in [0.5, 0.6) is 5.75 Å². The quantitative estimate of drug-likeness (QED) is 0.476. The van der Waals surface area contributed by atoms with Crippen LogP contribution in [0.25, 0.3) is 0 Å². The average molecular weight is 471 g/mol. The zero-order valence-corrected chi connectivity index (χ0v) is 20.1. The molecule has 0 radical (unpaired) electrons. The van der Waals surface area contributed by atoms with Gasteiger partial charge >= 0.3 is 0 Å². The second-order valence-corrected chi connectivity index (χ2v) is 10.0. The highest BCUT2D eigenvalue weighted by Crippen LogP contribution is 2.33. The van der Waals surface area contributed by atoms with E-state index < -0.39 is 22.5 Å². The summed E-state index contributed by atoms with van der Waals surface area (Å²) < 4.78 is 33.7. The van der Waals surface area contributed by atoms with Crippen molar-refractivity contribution in [3.05, 3.63) is 77.9 Å². The lowest BCUT2D eigenvalue weighted by Crippen LogP contribution is -2.38. The van der Waals surface area contributed by atoms with Gasteiger partial charge in [0.25, 0.3) is 10.0 Å². The van der Waals surface area contributed by atoms with E-state index in [1.165, 1.54) is 7.11 Å². The van der Waals surface area contributed by atoms with Gasteiger partial charge in [-0.15, -0.1) is 11.8 Å². The molecule has 0 saturated carbocycles. The number of methoxy groups -OCH3 is 1. The Bertz CT molecular complexity index is 1210. The summed E-state index contributed by atoms with van der Waals surface area (Å²) in [5.74, 6) is -0.0917. The number of benzene rings is 3. The molecule has 8 heteroatoms. The summed E-state index contributed by atoms with van der Waals surface area (Å²) in [6, 6.07) is 19.1. The van der Waals surface area contributed by atoms with E-state index in [9.17, 15) is 13.2 Å². The molecule has 0 heterocycles. The van der Waals surface area contributed by atoms with Crippen molar-refractivity contribution < 1.29 is 17.9 Å². The number of carbonyl (C=O) groups is 1. The van der Waals surface area contributed by atoms with Gasteiger partial charge in [-0.25, -0.2) is 8.42 Å². The number of nitrogens with one attached hydrogen (secondary N) is 1. The minimum absolute atomic E-state index is 0.101. The van der Waals surface area contributed by atoms with Crippen LogP contribution in [0.3, 0.4) is 0 Å². The third-order valence-electron chi connectivity index (χ3n) is 4.85. The largest absolute Gasteiger partial charge is 0.495 e. The van der Waals surface area contributed by atoms with Gasteiger partial charge in [0, 0.05) is 10.6 Å². The van der Waals surface area contributed by atoms with Crippen LogP contribution in [0.4, 0.5) is 11.4 Å². The first-order chi connectivity index (χ1) is 15.2. The van der Waals surface area contributed by atoms with E-state index in [0.717, 1.165) is 20.3 Å². The molecule has 0 unspecified atom stereocenters. The number of anilines is 2. The molecule has 0 spiro atoms. The molecule has 3 aromatic rings. The summed E-state index contributed by atoms with van der Waals surface area (Å²) in [6.45, 7) is 3.33. The van der Waals surface area contributed by atoms with Crippen LogP contribution >= 0.6 is 11.8 Å². The van der Waals surface area contributed by atoms with Crippen molar-refractivity contribution in [1.82, 2.24) is 0 Å². The van der Waals surface area contributed by atoms with Gasteiger partial charge in [0.1, 0.15) is 12.3 Å². The lowest BCUT2D eigenvalue weighted by atomic mass is 10.2. The molecule has 6 nitrogen and oxygen atoms in total.